The fourth-order valence-corrected chi connectivity index (χ4v) is 2.09. The molecule has 0 bridgehead atoms. The number of hydrogen-bond acceptors (Lipinski definition) is 4. The number of urea groups is 1. The van der Waals surface area contributed by atoms with Crippen molar-refractivity contribution in [1.29, 1.82) is 0 Å². The molecule has 2 N–H and O–H groups in total. The van der Waals surface area contributed by atoms with Gasteiger partial charge in [0, 0.05) is 7.11 Å². The van der Waals surface area contributed by atoms with Crippen LogP contribution in [-0.4, -0.2) is 56.1 Å². The van der Waals surface area contributed by atoms with E-state index in [1.807, 2.05) is 24.3 Å². The first-order chi connectivity index (χ1) is 9.63. The molecular formula is C14H20N2O4. The fourth-order valence-electron chi connectivity index (χ4n) is 2.09. The van der Waals surface area contributed by atoms with Gasteiger partial charge in [0.2, 0.25) is 0 Å². The summed E-state index contributed by atoms with van der Waals surface area (Å²) < 4.78 is 10.3. The molecule has 1 aromatic carbocycles. The topological polar surface area (TPSA) is 71.0 Å². The molecule has 1 atom stereocenters. The van der Waals surface area contributed by atoms with E-state index < -0.39 is 6.10 Å². The Hall–Kier alpha value is -1.79. The number of amides is 2. The molecule has 1 aromatic rings. The summed E-state index contributed by atoms with van der Waals surface area (Å²) in [5, 5.41) is 12.1. The van der Waals surface area contributed by atoms with E-state index in [1.165, 1.54) is 0 Å². The highest BCUT2D eigenvalue weighted by Gasteiger charge is 2.30. The molecule has 6 heteroatoms. The van der Waals surface area contributed by atoms with Gasteiger partial charge in [0.25, 0.3) is 0 Å². The van der Waals surface area contributed by atoms with Crippen LogP contribution in [0.1, 0.15) is 11.6 Å². The monoisotopic (exact) mass is 280 g/mol. The molecule has 0 aromatic heterocycles. The van der Waals surface area contributed by atoms with E-state index >= 15 is 0 Å². The maximum Gasteiger partial charge on any atom is 0.318 e. The Kier molecular flexibility index (Phi) is 4.81. The van der Waals surface area contributed by atoms with Gasteiger partial charge < -0.3 is 24.8 Å². The molecule has 6 nitrogen and oxygen atoms in total. The average Bonchev–Trinajstić information content (AvgIpc) is 2.43. The number of nitrogens with one attached hydrogen (secondary N) is 1. The van der Waals surface area contributed by atoms with Crippen molar-refractivity contribution in [2.75, 3.05) is 33.9 Å². The van der Waals surface area contributed by atoms with Crippen molar-refractivity contribution in [3.63, 3.8) is 0 Å². The van der Waals surface area contributed by atoms with Crippen molar-refractivity contribution in [3.8, 4) is 5.75 Å². The third-order valence-corrected chi connectivity index (χ3v) is 3.30. The minimum absolute atomic E-state index is 0.187. The van der Waals surface area contributed by atoms with Crippen LogP contribution in [0.3, 0.4) is 0 Å². The lowest BCUT2D eigenvalue weighted by Gasteiger charge is -2.36. The molecule has 0 spiro atoms. The summed E-state index contributed by atoms with van der Waals surface area (Å²) in [6.07, 6.45) is -0.400. The largest absolute Gasteiger partial charge is 0.497 e. The van der Waals surface area contributed by atoms with E-state index in [0.29, 0.717) is 19.7 Å². The van der Waals surface area contributed by atoms with Crippen LogP contribution in [0.15, 0.2) is 24.3 Å². The van der Waals surface area contributed by atoms with Gasteiger partial charge in [-0.25, -0.2) is 4.79 Å². The summed E-state index contributed by atoms with van der Waals surface area (Å²) in [4.78, 5) is 13.5. The molecular weight excluding hydrogens is 260 g/mol. The van der Waals surface area contributed by atoms with Gasteiger partial charge in [0.1, 0.15) is 5.75 Å². The van der Waals surface area contributed by atoms with E-state index in [0.717, 1.165) is 11.3 Å². The zero-order chi connectivity index (χ0) is 14.5. The summed E-state index contributed by atoms with van der Waals surface area (Å²) in [5.74, 6) is 0.766. The normalized spacial score (nSPS) is 16.4. The standard InChI is InChI=1S/C14H20N2O4/c1-19-9-13(10-3-5-12(20-2)6-4-10)15-14(18)16-7-11(17)8-16/h3-6,11,13,17H,7-9H2,1-2H3,(H,15,18). The number of ether oxygens (including phenoxy) is 2. The van der Waals surface area contributed by atoms with Gasteiger partial charge in [-0.1, -0.05) is 12.1 Å². The van der Waals surface area contributed by atoms with Gasteiger partial charge >= 0.3 is 6.03 Å². The molecule has 20 heavy (non-hydrogen) atoms. The lowest BCUT2D eigenvalue weighted by molar-refractivity contribution is 0.0246. The number of hydrogen-bond donors (Lipinski definition) is 2. The van der Waals surface area contributed by atoms with E-state index in [9.17, 15) is 9.90 Å². The van der Waals surface area contributed by atoms with Crippen LogP contribution in [0.25, 0.3) is 0 Å². The van der Waals surface area contributed by atoms with Gasteiger partial charge in [-0.2, -0.15) is 0 Å². The van der Waals surface area contributed by atoms with Crippen molar-refractivity contribution < 1.29 is 19.4 Å². The van der Waals surface area contributed by atoms with Gasteiger partial charge in [-0.3, -0.25) is 0 Å². The van der Waals surface area contributed by atoms with Crippen LogP contribution < -0.4 is 10.1 Å². The van der Waals surface area contributed by atoms with E-state index in [4.69, 9.17) is 9.47 Å². The lowest BCUT2D eigenvalue weighted by atomic mass is 10.1. The maximum absolute atomic E-state index is 12.0. The molecule has 2 amide bonds. The zero-order valence-corrected chi connectivity index (χ0v) is 11.7. The van der Waals surface area contributed by atoms with Crippen LogP contribution in [-0.2, 0) is 4.74 Å². The van der Waals surface area contributed by atoms with Crippen LogP contribution in [0.5, 0.6) is 5.75 Å². The van der Waals surface area contributed by atoms with E-state index in [-0.39, 0.29) is 12.1 Å². The molecule has 1 aliphatic heterocycles. The number of likely N-dealkylation sites (tertiary alicyclic amines) is 1. The van der Waals surface area contributed by atoms with Crippen molar-refractivity contribution in [2.45, 2.75) is 12.1 Å². The number of aliphatic hydroxyl groups excluding tert-OH is 1. The number of carbonyl (C=O) groups is 1. The van der Waals surface area contributed by atoms with Crippen molar-refractivity contribution >= 4 is 6.03 Å². The first-order valence-corrected chi connectivity index (χ1v) is 6.50. The van der Waals surface area contributed by atoms with Gasteiger partial charge in [0.05, 0.1) is 39.0 Å². The first-order valence-electron chi connectivity index (χ1n) is 6.50. The van der Waals surface area contributed by atoms with Crippen LogP contribution in [0.4, 0.5) is 4.79 Å². The van der Waals surface area contributed by atoms with E-state index in [1.54, 1.807) is 19.1 Å². The first kappa shape index (κ1) is 14.6. The van der Waals surface area contributed by atoms with Crippen molar-refractivity contribution in [1.82, 2.24) is 10.2 Å². The third-order valence-electron chi connectivity index (χ3n) is 3.30. The fraction of sp³-hybridized carbons (Fsp3) is 0.500. The Balaban J connectivity index is 2.00. The predicted molar refractivity (Wildman–Crippen MR) is 73.7 cm³/mol. The SMILES string of the molecule is COCC(NC(=O)N1CC(O)C1)c1ccc(OC)cc1. The van der Waals surface area contributed by atoms with Crippen LogP contribution in [0, 0.1) is 0 Å². The average molecular weight is 280 g/mol. The van der Waals surface area contributed by atoms with Crippen LogP contribution >= 0.6 is 0 Å². The highest BCUT2D eigenvalue weighted by Crippen LogP contribution is 2.19. The molecule has 1 heterocycles. The Labute approximate surface area is 118 Å². The second kappa shape index (κ2) is 6.58. The minimum atomic E-state index is -0.400. The number of benzene rings is 1. The summed E-state index contributed by atoms with van der Waals surface area (Å²) in [6.45, 7) is 1.15. The van der Waals surface area contributed by atoms with Gasteiger partial charge in [-0.15, -0.1) is 0 Å². The number of aliphatic hydroxyl groups is 1. The molecule has 1 fully saturated rings. The summed E-state index contributed by atoms with van der Waals surface area (Å²) in [5.41, 5.74) is 0.946. The smallest absolute Gasteiger partial charge is 0.318 e. The Morgan fingerprint density at radius 3 is 2.55 bits per heavy atom. The Morgan fingerprint density at radius 2 is 2.05 bits per heavy atom. The van der Waals surface area contributed by atoms with Crippen molar-refractivity contribution in [3.05, 3.63) is 29.8 Å². The lowest BCUT2D eigenvalue weighted by Crippen LogP contribution is -2.57. The molecule has 0 saturated carbocycles. The molecule has 1 saturated heterocycles. The minimum Gasteiger partial charge on any atom is -0.497 e. The summed E-state index contributed by atoms with van der Waals surface area (Å²) in [6, 6.07) is 7.07. The highest BCUT2D eigenvalue weighted by atomic mass is 16.5. The summed E-state index contributed by atoms with van der Waals surface area (Å²) >= 11 is 0. The molecule has 0 radical (unpaired) electrons. The van der Waals surface area contributed by atoms with Crippen LogP contribution in [0.2, 0.25) is 0 Å². The number of nitrogens with zero attached hydrogens (tertiary/aromatic N) is 1. The number of β-amino-alcohol motifs (C(OH)–C–C–N with tert-alkyl or cyclic N) is 1. The molecule has 1 unspecified atom stereocenters. The third kappa shape index (κ3) is 3.40. The molecule has 2 rings (SSSR count). The quantitative estimate of drug-likeness (QED) is 0.835. The zero-order valence-electron chi connectivity index (χ0n) is 11.7. The van der Waals surface area contributed by atoms with Crippen molar-refractivity contribution in [2.24, 2.45) is 0 Å². The number of carbonyl (C=O) groups excluding carboxylic acids is 1. The molecule has 0 aliphatic carbocycles. The van der Waals surface area contributed by atoms with Gasteiger partial charge in [-0.05, 0) is 17.7 Å². The Morgan fingerprint density at radius 1 is 1.40 bits per heavy atom. The second-order valence-corrected chi connectivity index (χ2v) is 4.79. The van der Waals surface area contributed by atoms with Gasteiger partial charge in [0.15, 0.2) is 0 Å². The highest BCUT2D eigenvalue weighted by molar-refractivity contribution is 5.75. The Bertz CT molecular complexity index is 443. The predicted octanol–water partition coefficient (Wildman–Crippen LogP) is 0.769. The number of methoxy groups -OCH3 is 2. The summed E-state index contributed by atoms with van der Waals surface area (Å²) in [7, 11) is 3.20. The second-order valence-electron chi connectivity index (χ2n) is 4.79. The maximum atomic E-state index is 12.0. The molecule has 1 aliphatic rings. The number of rotatable bonds is 5. The van der Waals surface area contributed by atoms with E-state index in [2.05, 4.69) is 5.32 Å². The molecule has 110 valence electrons.